The van der Waals surface area contributed by atoms with Crippen LogP contribution in [0.5, 0.6) is 0 Å². The molecule has 1 aliphatic rings. The van der Waals surface area contributed by atoms with E-state index in [1.165, 1.54) is 7.11 Å². The number of hydrogen-bond acceptors (Lipinski definition) is 6. The number of carbonyl (C=O) groups is 1. The zero-order chi connectivity index (χ0) is 15.2. The third kappa shape index (κ3) is 4.57. The van der Waals surface area contributed by atoms with Gasteiger partial charge >= 0.3 is 5.97 Å². The number of nitrogens with zero attached hydrogens (tertiary/aromatic N) is 1. The summed E-state index contributed by atoms with van der Waals surface area (Å²) in [4.78, 5) is 13.4. The SMILES string of the molecule is COC(=O)[C@H]1C[C@@H](O)CN1COCNc1ccc(Cl)cc1. The highest BCUT2D eigenvalue weighted by Crippen LogP contribution is 2.19. The predicted octanol–water partition coefficient (Wildman–Crippen LogP) is 1.29. The summed E-state index contributed by atoms with van der Waals surface area (Å²) in [5.74, 6) is -0.346. The summed E-state index contributed by atoms with van der Waals surface area (Å²) in [7, 11) is 1.34. The van der Waals surface area contributed by atoms with Gasteiger partial charge < -0.3 is 19.9 Å². The highest BCUT2D eigenvalue weighted by Gasteiger charge is 2.36. The average molecular weight is 315 g/mol. The number of hydrogen-bond donors (Lipinski definition) is 2. The van der Waals surface area contributed by atoms with E-state index in [9.17, 15) is 9.90 Å². The van der Waals surface area contributed by atoms with Crippen LogP contribution in [0.4, 0.5) is 5.69 Å². The summed E-state index contributed by atoms with van der Waals surface area (Å²) in [6, 6.07) is 6.83. The second kappa shape index (κ2) is 7.61. The van der Waals surface area contributed by atoms with E-state index in [1.54, 1.807) is 17.0 Å². The highest BCUT2D eigenvalue weighted by atomic mass is 35.5. The first-order valence-corrected chi connectivity index (χ1v) is 7.05. The number of benzene rings is 1. The molecule has 7 heteroatoms. The van der Waals surface area contributed by atoms with Gasteiger partial charge in [0.1, 0.15) is 19.5 Å². The quantitative estimate of drug-likeness (QED) is 0.468. The number of esters is 1. The molecule has 1 aromatic carbocycles. The summed E-state index contributed by atoms with van der Waals surface area (Å²) >= 11 is 5.80. The van der Waals surface area contributed by atoms with Gasteiger partial charge in [-0.05, 0) is 24.3 Å². The molecule has 2 N–H and O–H groups in total. The fraction of sp³-hybridized carbons (Fsp3) is 0.500. The van der Waals surface area contributed by atoms with E-state index in [1.807, 2.05) is 12.1 Å². The Kier molecular flexibility index (Phi) is 5.81. The maximum Gasteiger partial charge on any atom is 0.323 e. The van der Waals surface area contributed by atoms with Crippen molar-refractivity contribution in [3.05, 3.63) is 29.3 Å². The fourth-order valence-corrected chi connectivity index (χ4v) is 2.39. The Morgan fingerprint density at radius 3 is 2.86 bits per heavy atom. The minimum Gasteiger partial charge on any atom is -0.468 e. The number of carbonyl (C=O) groups excluding carboxylic acids is 1. The Bertz CT molecular complexity index is 469. The average Bonchev–Trinajstić information content (AvgIpc) is 2.85. The zero-order valence-corrected chi connectivity index (χ0v) is 12.5. The smallest absolute Gasteiger partial charge is 0.323 e. The van der Waals surface area contributed by atoms with E-state index >= 15 is 0 Å². The fourth-order valence-electron chi connectivity index (χ4n) is 2.27. The molecule has 6 nitrogen and oxygen atoms in total. The molecule has 116 valence electrons. The van der Waals surface area contributed by atoms with Crippen LogP contribution < -0.4 is 5.32 Å². The molecule has 1 saturated heterocycles. The van der Waals surface area contributed by atoms with Crippen LogP contribution in [0, 0.1) is 0 Å². The lowest BCUT2D eigenvalue weighted by molar-refractivity contribution is -0.147. The Hall–Kier alpha value is -1.34. The van der Waals surface area contributed by atoms with Gasteiger partial charge in [-0.3, -0.25) is 9.69 Å². The van der Waals surface area contributed by atoms with Gasteiger partial charge in [-0.1, -0.05) is 11.6 Å². The third-order valence-corrected chi connectivity index (χ3v) is 3.59. The van der Waals surface area contributed by atoms with Crippen molar-refractivity contribution in [2.45, 2.75) is 18.6 Å². The minimum atomic E-state index is -0.526. The van der Waals surface area contributed by atoms with Crippen LogP contribution in [-0.2, 0) is 14.3 Å². The van der Waals surface area contributed by atoms with Gasteiger partial charge in [-0.15, -0.1) is 0 Å². The molecular formula is C14H19ClN2O4. The van der Waals surface area contributed by atoms with Crippen molar-refractivity contribution in [2.24, 2.45) is 0 Å². The molecule has 0 bridgehead atoms. The van der Waals surface area contributed by atoms with E-state index in [4.69, 9.17) is 21.1 Å². The van der Waals surface area contributed by atoms with E-state index < -0.39 is 12.1 Å². The standard InChI is InChI=1S/C14H19ClN2O4/c1-20-14(19)13-6-12(18)7-17(13)9-21-8-16-11-4-2-10(15)3-5-11/h2-5,12-13,16,18H,6-9H2,1H3/t12-,13-/m1/s1. The predicted molar refractivity (Wildman–Crippen MR) is 79.0 cm³/mol. The maximum absolute atomic E-state index is 11.6. The summed E-state index contributed by atoms with van der Waals surface area (Å²) in [6.07, 6.45) is -0.150. The number of aliphatic hydroxyl groups excluding tert-OH is 1. The molecule has 0 spiro atoms. The van der Waals surface area contributed by atoms with Gasteiger partial charge in [0, 0.05) is 23.7 Å². The third-order valence-electron chi connectivity index (χ3n) is 3.33. The molecular weight excluding hydrogens is 296 g/mol. The molecule has 1 heterocycles. The van der Waals surface area contributed by atoms with E-state index in [0.29, 0.717) is 24.7 Å². The number of β-amino-alcohol motifs (C(OH)–C–C–N with tert-alkyl or cyclic N) is 1. The van der Waals surface area contributed by atoms with Crippen LogP contribution in [-0.4, -0.2) is 55.2 Å². The van der Waals surface area contributed by atoms with Gasteiger partial charge in [0.05, 0.1) is 13.2 Å². The first kappa shape index (κ1) is 16.0. The Labute approximate surface area is 128 Å². The van der Waals surface area contributed by atoms with E-state index in [0.717, 1.165) is 5.69 Å². The highest BCUT2D eigenvalue weighted by molar-refractivity contribution is 6.30. The number of anilines is 1. The lowest BCUT2D eigenvalue weighted by Gasteiger charge is -2.21. The summed E-state index contributed by atoms with van der Waals surface area (Å²) in [5.41, 5.74) is 0.894. The number of ether oxygens (including phenoxy) is 2. The first-order valence-electron chi connectivity index (χ1n) is 6.67. The molecule has 21 heavy (non-hydrogen) atoms. The van der Waals surface area contributed by atoms with Crippen molar-refractivity contribution in [1.29, 1.82) is 0 Å². The molecule has 0 radical (unpaired) electrons. The molecule has 0 aromatic heterocycles. The molecule has 1 aliphatic heterocycles. The normalized spacial score (nSPS) is 22.2. The van der Waals surface area contributed by atoms with Gasteiger partial charge in [-0.25, -0.2) is 0 Å². The largest absolute Gasteiger partial charge is 0.468 e. The summed E-state index contributed by atoms with van der Waals surface area (Å²) < 4.78 is 10.2. The van der Waals surface area contributed by atoms with Crippen LogP contribution in [0.25, 0.3) is 0 Å². The second-order valence-corrected chi connectivity index (χ2v) is 5.30. The molecule has 0 unspecified atom stereocenters. The number of rotatable bonds is 6. The second-order valence-electron chi connectivity index (χ2n) is 4.86. The van der Waals surface area contributed by atoms with Crippen LogP contribution in [0.15, 0.2) is 24.3 Å². The van der Waals surface area contributed by atoms with Crippen LogP contribution in [0.3, 0.4) is 0 Å². The van der Waals surface area contributed by atoms with Crippen molar-refractivity contribution < 1.29 is 19.4 Å². The number of aliphatic hydroxyl groups is 1. The van der Waals surface area contributed by atoms with Crippen molar-refractivity contribution in [2.75, 3.05) is 32.4 Å². The maximum atomic E-state index is 11.6. The minimum absolute atomic E-state index is 0.247. The van der Waals surface area contributed by atoms with Crippen molar-refractivity contribution >= 4 is 23.3 Å². The monoisotopic (exact) mass is 314 g/mol. The molecule has 0 amide bonds. The van der Waals surface area contributed by atoms with Crippen molar-refractivity contribution in [3.8, 4) is 0 Å². The summed E-state index contributed by atoms with van der Waals surface area (Å²) in [5, 5.41) is 13.4. The van der Waals surface area contributed by atoms with Crippen LogP contribution in [0.1, 0.15) is 6.42 Å². The van der Waals surface area contributed by atoms with Crippen molar-refractivity contribution in [1.82, 2.24) is 4.90 Å². The molecule has 2 atom stereocenters. The Morgan fingerprint density at radius 1 is 1.48 bits per heavy atom. The van der Waals surface area contributed by atoms with Crippen LogP contribution in [0.2, 0.25) is 5.02 Å². The molecule has 1 aromatic rings. The van der Waals surface area contributed by atoms with Crippen LogP contribution >= 0.6 is 11.6 Å². The van der Waals surface area contributed by atoms with Crippen molar-refractivity contribution in [3.63, 3.8) is 0 Å². The lowest BCUT2D eigenvalue weighted by atomic mass is 10.2. The molecule has 0 saturated carbocycles. The van der Waals surface area contributed by atoms with Gasteiger partial charge in [0.2, 0.25) is 0 Å². The number of halogens is 1. The van der Waals surface area contributed by atoms with E-state index in [-0.39, 0.29) is 12.7 Å². The Balaban J connectivity index is 1.74. The first-order chi connectivity index (χ1) is 10.1. The number of methoxy groups -OCH3 is 1. The molecule has 1 fully saturated rings. The molecule has 0 aliphatic carbocycles. The summed E-state index contributed by atoms with van der Waals surface area (Å²) in [6.45, 7) is 0.945. The Morgan fingerprint density at radius 2 is 2.19 bits per heavy atom. The van der Waals surface area contributed by atoms with Gasteiger partial charge in [0.15, 0.2) is 0 Å². The van der Waals surface area contributed by atoms with E-state index in [2.05, 4.69) is 5.32 Å². The lowest BCUT2D eigenvalue weighted by Crippen LogP contribution is -2.38. The topological polar surface area (TPSA) is 71.0 Å². The molecule has 2 rings (SSSR count). The van der Waals surface area contributed by atoms with Gasteiger partial charge in [0.25, 0.3) is 0 Å². The zero-order valence-electron chi connectivity index (χ0n) is 11.8. The number of likely N-dealkylation sites (tertiary alicyclic amines) is 1. The number of nitrogens with one attached hydrogen (secondary N) is 1. The van der Waals surface area contributed by atoms with Gasteiger partial charge in [-0.2, -0.15) is 0 Å².